The maximum absolute atomic E-state index is 11.9. The number of rotatable bonds is 8. The summed E-state index contributed by atoms with van der Waals surface area (Å²) in [6.45, 7) is 0.882. The van der Waals surface area contributed by atoms with Crippen molar-refractivity contribution in [1.29, 1.82) is 0 Å². The summed E-state index contributed by atoms with van der Waals surface area (Å²) in [6, 6.07) is 14.9. The molecule has 0 saturated heterocycles. The first-order chi connectivity index (χ1) is 13.7. The number of carbonyl (C=O) groups excluding carboxylic acids is 1. The second-order valence-corrected chi connectivity index (χ2v) is 6.58. The van der Waals surface area contributed by atoms with Gasteiger partial charge in [-0.2, -0.15) is 0 Å². The molecule has 1 heterocycles. The Balaban J connectivity index is 1.87. The zero-order valence-corrected chi connectivity index (χ0v) is 16.9. The molecule has 0 spiro atoms. The van der Waals surface area contributed by atoms with E-state index in [9.17, 15) is 4.79 Å². The highest BCUT2D eigenvalue weighted by atomic mass is 35.5. The third-order valence-electron chi connectivity index (χ3n) is 4.37. The van der Waals surface area contributed by atoms with Gasteiger partial charge in [-0.15, -0.1) is 11.6 Å². The van der Waals surface area contributed by atoms with Crippen LogP contribution in [-0.2, 0) is 17.9 Å². The Morgan fingerprint density at radius 2 is 1.93 bits per heavy atom. The number of alkyl halides is 1. The molecule has 1 aromatic heterocycles. The van der Waals surface area contributed by atoms with E-state index in [0.29, 0.717) is 30.2 Å². The number of nitrogens with zero attached hydrogens (tertiary/aromatic N) is 2. The molecule has 0 fully saturated rings. The van der Waals surface area contributed by atoms with Gasteiger partial charge in [-0.05, 0) is 36.3 Å². The van der Waals surface area contributed by atoms with Crippen molar-refractivity contribution in [3.63, 3.8) is 0 Å². The molecule has 0 unspecified atom stereocenters. The second kappa shape index (κ2) is 9.62. The third kappa shape index (κ3) is 4.49. The Labute approximate surface area is 173 Å². The molecule has 0 aliphatic rings. The summed E-state index contributed by atoms with van der Waals surface area (Å²) >= 11 is 11.7. The molecule has 0 N–H and O–H groups in total. The van der Waals surface area contributed by atoms with E-state index in [1.807, 2.05) is 30.3 Å². The molecule has 3 rings (SSSR count). The number of aromatic nitrogens is 2. The summed E-state index contributed by atoms with van der Waals surface area (Å²) in [5.41, 5.74) is 4.73. The summed E-state index contributed by atoms with van der Waals surface area (Å²) < 4.78 is 12.8. The summed E-state index contributed by atoms with van der Waals surface area (Å²) in [6.07, 6.45) is 0.707. The third-order valence-corrected chi connectivity index (χ3v) is 5.02. The highest BCUT2D eigenvalue weighted by Crippen LogP contribution is 2.23. The van der Waals surface area contributed by atoms with Crippen LogP contribution < -0.4 is 4.74 Å². The van der Waals surface area contributed by atoms with Gasteiger partial charge in [0.2, 0.25) is 0 Å². The smallest absolute Gasteiger partial charge is 0.341 e. The lowest BCUT2D eigenvalue weighted by Crippen LogP contribution is -2.10. The van der Waals surface area contributed by atoms with Crippen LogP contribution in [0.4, 0.5) is 0 Å². The Bertz CT molecular complexity index is 998. The predicted octanol–water partition coefficient (Wildman–Crippen LogP) is 5.15. The Hall–Kier alpha value is -2.50. The highest BCUT2D eigenvalue weighted by molar-refractivity contribution is 6.27. The number of methoxy groups -OCH3 is 1. The number of benzene rings is 2. The van der Waals surface area contributed by atoms with Crippen molar-refractivity contribution in [3.05, 3.63) is 71.0 Å². The van der Waals surface area contributed by atoms with Crippen LogP contribution in [0.25, 0.3) is 11.0 Å². The standard InChI is InChI=1S/C21H20Cl2N2O3/c1-27-21(26)16-6-2-5-9-19(16)28-14-20-24-17-7-3-4-8-18(17)25(20)11-10-15(12-22)13-23/h2-9,12H,10-11,13-14H2,1H3/b15-12+. The fraction of sp³-hybridized carbons (Fsp3) is 0.238. The summed E-state index contributed by atoms with van der Waals surface area (Å²) in [5, 5.41) is 0. The molecule has 0 aliphatic carbocycles. The van der Waals surface area contributed by atoms with Crippen LogP contribution in [0.2, 0.25) is 0 Å². The van der Waals surface area contributed by atoms with Gasteiger partial charge in [0.05, 0.1) is 18.1 Å². The number of hydrogen-bond donors (Lipinski definition) is 0. The minimum atomic E-state index is -0.442. The zero-order chi connectivity index (χ0) is 19.9. The molecule has 28 heavy (non-hydrogen) atoms. The zero-order valence-electron chi connectivity index (χ0n) is 15.4. The van der Waals surface area contributed by atoms with Crippen LogP contribution in [0.5, 0.6) is 5.75 Å². The summed E-state index contributed by atoms with van der Waals surface area (Å²) in [4.78, 5) is 16.6. The van der Waals surface area contributed by atoms with Gasteiger partial charge in [0.25, 0.3) is 0 Å². The Morgan fingerprint density at radius 3 is 2.68 bits per heavy atom. The molecule has 2 aromatic carbocycles. The van der Waals surface area contributed by atoms with Gasteiger partial charge in [0.15, 0.2) is 0 Å². The molecular weight excluding hydrogens is 399 g/mol. The minimum absolute atomic E-state index is 0.212. The number of allylic oxidation sites excluding steroid dienone is 1. The van der Waals surface area contributed by atoms with Gasteiger partial charge >= 0.3 is 5.97 Å². The van der Waals surface area contributed by atoms with Gasteiger partial charge in [-0.3, -0.25) is 0 Å². The quantitative estimate of drug-likeness (QED) is 0.374. The number of fused-ring (bicyclic) bond motifs is 1. The SMILES string of the molecule is COC(=O)c1ccccc1OCc1nc2ccccc2n1CC/C(=C\Cl)CCl. The van der Waals surface area contributed by atoms with E-state index in [1.54, 1.807) is 18.2 Å². The number of esters is 1. The number of halogens is 2. The average Bonchev–Trinajstić information content (AvgIpc) is 3.10. The average molecular weight is 419 g/mol. The Morgan fingerprint density at radius 1 is 1.18 bits per heavy atom. The highest BCUT2D eigenvalue weighted by Gasteiger charge is 2.15. The van der Waals surface area contributed by atoms with E-state index in [1.165, 1.54) is 12.6 Å². The van der Waals surface area contributed by atoms with Gasteiger partial charge in [0, 0.05) is 18.0 Å². The molecule has 0 aliphatic heterocycles. The minimum Gasteiger partial charge on any atom is -0.485 e. The maximum Gasteiger partial charge on any atom is 0.341 e. The molecule has 146 valence electrons. The fourth-order valence-corrected chi connectivity index (χ4v) is 3.38. The van der Waals surface area contributed by atoms with Gasteiger partial charge < -0.3 is 14.0 Å². The molecule has 5 nitrogen and oxygen atoms in total. The molecular formula is C21H20Cl2N2O3. The molecule has 0 atom stereocenters. The number of carbonyl (C=O) groups is 1. The normalized spacial score (nSPS) is 11.6. The monoisotopic (exact) mass is 418 g/mol. The summed E-state index contributed by atoms with van der Waals surface area (Å²) in [5.74, 6) is 1.15. The number of ether oxygens (including phenoxy) is 2. The van der Waals surface area contributed by atoms with E-state index < -0.39 is 5.97 Å². The van der Waals surface area contributed by atoms with Crippen molar-refractivity contribution in [2.75, 3.05) is 13.0 Å². The van der Waals surface area contributed by atoms with E-state index in [0.717, 1.165) is 22.4 Å². The van der Waals surface area contributed by atoms with Crippen molar-refractivity contribution >= 4 is 40.2 Å². The second-order valence-electron chi connectivity index (χ2n) is 6.10. The lowest BCUT2D eigenvalue weighted by molar-refractivity contribution is 0.0595. The van der Waals surface area contributed by atoms with E-state index in [4.69, 9.17) is 32.7 Å². The molecule has 0 saturated carbocycles. The van der Waals surface area contributed by atoms with Crippen molar-refractivity contribution < 1.29 is 14.3 Å². The summed E-state index contributed by atoms with van der Waals surface area (Å²) in [7, 11) is 1.34. The number of aryl methyl sites for hydroxylation is 1. The van der Waals surface area contributed by atoms with Crippen molar-refractivity contribution in [1.82, 2.24) is 9.55 Å². The molecule has 7 heteroatoms. The predicted molar refractivity (Wildman–Crippen MR) is 111 cm³/mol. The van der Waals surface area contributed by atoms with Crippen LogP contribution in [0.3, 0.4) is 0 Å². The van der Waals surface area contributed by atoms with Crippen LogP contribution in [0.15, 0.2) is 59.6 Å². The van der Waals surface area contributed by atoms with E-state index in [-0.39, 0.29) is 6.61 Å². The van der Waals surface area contributed by atoms with Crippen LogP contribution in [-0.4, -0.2) is 28.5 Å². The fourth-order valence-electron chi connectivity index (χ4n) is 2.90. The van der Waals surface area contributed by atoms with Gasteiger partial charge in [-0.1, -0.05) is 35.9 Å². The van der Waals surface area contributed by atoms with Crippen LogP contribution in [0.1, 0.15) is 22.6 Å². The van der Waals surface area contributed by atoms with Gasteiger partial charge in [0.1, 0.15) is 23.7 Å². The van der Waals surface area contributed by atoms with Crippen molar-refractivity contribution in [3.8, 4) is 5.75 Å². The first kappa shape index (κ1) is 20.2. The molecule has 3 aromatic rings. The first-order valence-corrected chi connectivity index (χ1v) is 9.73. The largest absolute Gasteiger partial charge is 0.485 e. The number of hydrogen-bond acceptors (Lipinski definition) is 4. The van der Waals surface area contributed by atoms with Crippen molar-refractivity contribution in [2.45, 2.75) is 19.6 Å². The van der Waals surface area contributed by atoms with Crippen LogP contribution >= 0.6 is 23.2 Å². The lowest BCUT2D eigenvalue weighted by atomic mass is 10.2. The molecule has 0 bridgehead atoms. The lowest BCUT2D eigenvalue weighted by Gasteiger charge is -2.12. The van der Waals surface area contributed by atoms with Crippen molar-refractivity contribution in [2.24, 2.45) is 0 Å². The maximum atomic E-state index is 11.9. The Kier molecular flexibility index (Phi) is 6.95. The molecule has 0 radical (unpaired) electrons. The van der Waals surface area contributed by atoms with E-state index in [2.05, 4.69) is 9.55 Å². The van der Waals surface area contributed by atoms with Gasteiger partial charge in [-0.25, -0.2) is 9.78 Å². The van der Waals surface area contributed by atoms with Crippen LogP contribution in [0, 0.1) is 0 Å². The first-order valence-electron chi connectivity index (χ1n) is 8.76. The topological polar surface area (TPSA) is 53.4 Å². The van der Waals surface area contributed by atoms with E-state index >= 15 is 0 Å². The number of imidazole rings is 1. The number of para-hydroxylation sites is 3. The molecule has 0 amide bonds.